The monoisotopic (exact) mass is 271 g/mol. The molecule has 18 heavy (non-hydrogen) atoms. The van der Waals surface area contributed by atoms with Crippen LogP contribution in [0.25, 0.3) is 0 Å². The molecule has 0 radical (unpaired) electrons. The van der Waals surface area contributed by atoms with Gasteiger partial charge in [0.2, 0.25) is 0 Å². The number of hydrogen-bond acceptors (Lipinski definition) is 4. The zero-order chi connectivity index (χ0) is 12.1. The number of piperazine rings is 1. The van der Waals surface area contributed by atoms with Gasteiger partial charge in [-0.05, 0) is 12.1 Å². The van der Waals surface area contributed by atoms with Gasteiger partial charge in [0.25, 0.3) is 0 Å². The van der Waals surface area contributed by atoms with E-state index >= 15 is 0 Å². The summed E-state index contributed by atoms with van der Waals surface area (Å²) in [5.74, 6) is -0.721. The van der Waals surface area contributed by atoms with Gasteiger partial charge in [0.1, 0.15) is 0 Å². The van der Waals surface area contributed by atoms with E-state index in [0.29, 0.717) is 6.54 Å². The summed E-state index contributed by atoms with van der Waals surface area (Å²) in [6.45, 7) is 4.40. The van der Waals surface area contributed by atoms with E-state index in [9.17, 15) is 4.79 Å². The molecule has 1 aromatic heterocycles. The van der Waals surface area contributed by atoms with Crippen molar-refractivity contribution in [3.05, 3.63) is 24.5 Å². The Kier molecular flexibility index (Phi) is 5.88. The summed E-state index contributed by atoms with van der Waals surface area (Å²) >= 11 is 0. The summed E-state index contributed by atoms with van der Waals surface area (Å²) in [6, 6.07) is 4.01. The van der Waals surface area contributed by atoms with Crippen LogP contribution in [0.3, 0.4) is 0 Å². The highest BCUT2D eigenvalue weighted by Gasteiger charge is 2.17. The summed E-state index contributed by atoms with van der Waals surface area (Å²) in [6.07, 6.45) is 3.83. The third-order valence-corrected chi connectivity index (χ3v) is 3.04. The molecule has 100 valence electrons. The number of aromatic nitrogens is 1. The van der Waals surface area contributed by atoms with E-state index in [-0.39, 0.29) is 18.8 Å². The van der Waals surface area contributed by atoms with Crippen LogP contribution in [0.4, 0.5) is 5.69 Å². The maximum Gasteiger partial charge on any atom is 0.304 e. The summed E-state index contributed by atoms with van der Waals surface area (Å²) < 4.78 is 0. The molecule has 0 aromatic carbocycles. The van der Waals surface area contributed by atoms with Gasteiger partial charge in [-0.2, -0.15) is 0 Å². The lowest BCUT2D eigenvalue weighted by molar-refractivity contribution is -0.137. The first-order valence-electron chi connectivity index (χ1n) is 5.85. The average molecular weight is 272 g/mol. The zero-order valence-corrected chi connectivity index (χ0v) is 11.0. The summed E-state index contributed by atoms with van der Waals surface area (Å²) in [5, 5.41) is 8.63. The smallest absolute Gasteiger partial charge is 0.304 e. The average Bonchev–Trinajstić information content (AvgIpc) is 2.38. The molecule has 1 saturated heterocycles. The molecule has 0 bridgehead atoms. The van der Waals surface area contributed by atoms with E-state index in [4.69, 9.17) is 5.11 Å². The van der Waals surface area contributed by atoms with E-state index in [1.165, 1.54) is 5.69 Å². The quantitative estimate of drug-likeness (QED) is 0.889. The Morgan fingerprint density at radius 1 is 1.22 bits per heavy atom. The van der Waals surface area contributed by atoms with Crippen LogP contribution >= 0.6 is 12.4 Å². The van der Waals surface area contributed by atoms with Gasteiger partial charge in [0.15, 0.2) is 0 Å². The van der Waals surface area contributed by atoms with Crippen molar-refractivity contribution in [2.75, 3.05) is 37.6 Å². The molecule has 0 spiro atoms. The minimum atomic E-state index is -0.721. The number of aliphatic carboxylic acids is 1. The predicted octanol–water partition coefficient (Wildman–Crippen LogP) is 1.10. The van der Waals surface area contributed by atoms with Crippen LogP contribution in [0.5, 0.6) is 0 Å². The topological polar surface area (TPSA) is 56.7 Å². The number of halogens is 1. The van der Waals surface area contributed by atoms with Gasteiger partial charge in [0.05, 0.1) is 6.42 Å². The number of pyridine rings is 1. The highest BCUT2D eigenvalue weighted by atomic mass is 35.5. The van der Waals surface area contributed by atoms with Gasteiger partial charge in [0, 0.05) is 50.8 Å². The van der Waals surface area contributed by atoms with Crippen LogP contribution < -0.4 is 4.90 Å². The van der Waals surface area contributed by atoms with Gasteiger partial charge in [-0.25, -0.2) is 0 Å². The van der Waals surface area contributed by atoms with Crippen LogP contribution in [0.2, 0.25) is 0 Å². The Bertz CT molecular complexity index is 367. The van der Waals surface area contributed by atoms with E-state index in [1.807, 2.05) is 12.1 Å². The fourth-order valence-electron chi connectivity index (χ4n) is 2.04. The summed E-state index contributed by atoms with van der Waals surface area (Å²) in [4.78, 5) is 19.0. The fourth-order valence-corrected chi connectivity index (χ4v) is 2.04. The molecule has 0 amide bonds. The predicted molar refractivity (Wildman–Crippen MR) is 72.4 cm³/mol. The molecule has 2 rings (SSSR count). The van der Waals surface area contributed by atoms with Crippen molar-refractivity contribution in [1.82, 2.24) is 9.88 Å². The molecule has 1 aliphatic rings. The third kappa shape index (κ3) is 4.16. The first-order chi connectivity index (χ1) is 8.25. The Hall–Kier alpha value is -1.33. The lowest BCUT2D eigenvalue weighted by Crippen LogP contribution is -2.46. The number of nitrogens with zero attached hydrogens (tertiary/aromatic N) is 3. The van der Waals surface area contributed by atoms with E-state index < -0.39 is 5.97 Å². The van der Waals surface area contributed by atoms with Gasteiger partial charge < -0.3 is 10.0 Å². The van der Waals surface area contributed by atoms with Crippen molar-refractivity contribution in [1.29, 1.82) is 0 Å². The van der Waals surface area contributed by atoms with Crippen LogP contribution in [-0.2, 0) is 4.79 Å². The Morgan fingerprint density at radius 3 is 2.39 bits per heavy atom. The van der Waals surface area contributed by atoms with Gasteiger partial charge in [-0.15, -0.1) is 12.4 Å². The Balaban J connectivity index is 0.00000162. The molecule has 5 nitrogen and oxygen atoms in total. The van der Waals surface area contributed by atoms with Crippen LogP contribution in [0, 0.1) is 0 Å². The number of rotatable bonds is 4. The van der Waals surface area contributed by atoms with E-state index in [0.717, 1.165) is 26.2 Å². The van der Waals surface area contributed by atoms with Crippen molar-refractivity contribution in [2.24, 2.45) is 0 Å². The molecule has 1 aliphatic heterocycles. The molecule has 1 N–H and O–H groups in total. The lowest BCUT2D eigenvalue weighted by Gasteiger charge is -2.35. The highest BCUT2D eigenvalue weighted by Crippen LogP contribution is 2.14. The second kappa shape index (κ2) is 7.18. The minimum absolute atomic E-state index is 0. The number of carbonyl (C=O) groups is 1. The number of hydrogen-bond donors (Lipinski definition) is 1. The van der Waals surface area contributed by atoms with Gasteiger partial charge >= 0.3 is 5.97 Å². The van der Waals surface area contributed by atoms with Crippen LogP contribution in [0.15, 0.2) is 24.5 Å². The van der Waals surface area contributed by atoms with Crippen molar-refractivity contribution >= 4 is 24.1 Å². The number of carboxylic acids is 1. The van der Waals surface area contributed by atoms with Crippen LogP contribution in [0.1, 0.15) is 6.42 Å². The molecule has 2 heterocycles. The van der Waals surface area contributed by atoms with E-state index in [1.54, 1.807) is 12.4 Å². The number of carboxylic acid groups (broad SMARTS) is 1. The standard InChI is InChI=1S/C12H17N3O2.ClH/c16-12(17)3-6-14-7-9-15(10-8-14)11-1-4-13-5-2-11;/h1-2,4-5H,3,6-10H2,(H,16,17);1H. The largest absolute Gasteiger partial charge is 0.481 e. The van der Waals surface area contributed by atoms with Gasteiger partial charge in [-0.3, -0.25) is 14.7 Å². The third-order valence-electron chi connectivity index (χ3n) is 3.04. The fraction of sp³-hybridized carbons (Fsp3) is 0.500. The second-order valence-corrected chi connectivity index (χ2v) is 4.18. The zero-order valence-electron chi connectivity index (χ0n) is 10.2. The van der Waals surface area contributed by atoms with E-state index in [2.05, 4.69) is 14.8 Å². The summed E-state index contributed by atoms with van der Waals surface area (Å²) in [5.41, 5.74) is 1.19. The maximum atomic E-state index is 10.5. The van der Waals surface area contributed by atoms with Crippen molar-refractivity contribution in [3.8, 4) is 0 Å². The molecule has 1 fully saturated rings. The first kappa shape index (κ1) is 14.7. The SMILES string of the molecule is Cl.O=C(O)CCN1CCN(c2ccncc2)CC1. The van der Waals surface area contributed by atoms with Crippen molar-refractivity contribution in [2.45, 2.75) is 6.42 Å². The Morgan fingerprint density at radius 2 is 1.83 bits per heavy atom. The molecule has 0 aliphatic carbocycles. The second-order valence-electron chi connectivity index (χ2n) is 4.18. The molecular formula is C12H18ClN3O2. The minimum Gasteiger partial charge on any atom is -0.481 e. The highest BCUT2D eigenvalue weighted by molar-refractivity contribution is 5.85. The maximum absolute atomic E-state index is 10.5. The van der Waals surface area contributed by atoms with Gasteiger partial charge in [-0.1, -0.05) is 0 Å². The normalized spacial score (nSPS) is 16.1. The van der Waals surface area contributed by atoms with Crippen molar-refractivity contribution < 1.29 is 9.90 Å². The van der Waals surface area contributed by atoms with Crippen LogP contribution in [-0.4, -0.2) is 53.7 Å². The Labute approximate surface area is 113 Å². The molecule has 1 aromatic rings. The first-order valence-corrected chi connectivity index (χ1v) is 5.85. The summed E-state index contributed by atoms with van der Waals surface area (Å²) in [7, 11) is 0. The lowest BCUT2D eigenvalue weighted by atomic mass is 10.2. The molecule has 6 heteroatoms. The van der Waals surface area contributed by atoms with Crippen molar-refractivity contribution in [3.63, 3.8) is 0 Å². The molecule has 0 saturated carbocycles. The molecule has 0 unspecified atom stereocenters. The molecule has 0 atom stereocenters. The number of anilines is 1. The molecular weight excluding hydrogens is 254 g/mol.